The molecule has 4 N–H and O–H groups in total. The number of nitrogens with two attached hydrogens (primary N) is 2. The first-order chi connectivity index (χ1) is 6.20. The van der Waals surface area contributed by atoms with Crippen LogP contribution in [0.3, 0.4) is 0 Å². The quantitative estimate of drug-likeness (QED) is 0.549. The second kappa shape index (κ2) is 4.00. The summed E-state index contributed by atoms with van der Waals surface area (Å²) in [5.41, 5.74) is 9.32. The number of nitrogens with zero attached hydrogens (tertiary/aromatic N) is 4. The Hall–Kier alpha value is -2.18. The van der Waals surface area contributed by atoms with Gasteiger partial charge >= 0.3 is 6.03 Å². The molecule has 0 aliphatic rings. The van der Waals surface area contributed by atoms with Crippen molar-refractivity contribution in [2.45, 2.75) is 0 Å². The Morgan fingerprint density at radius 3 is 2.77 bits per heavy atom. The van der Waals surface area contributed by atoms with E-state index in [1.54, 1.807) is 23.1 Å². The number of urea groups is 1. The van der Waals surface area contributed by atoms with Crippen molar-refractivity contribution in [3.63, 3.8) is 0 Å². The predicted molar refractivity (Wildman–Crippen MR) is 44.6 cm³/mol. The van der Waals surface area contributed by atoms with Gasteiger partial charge < -0.3 is 11.5 Å². The molecule has 7 nitrogen and oxygen atoms in total. The van der Waals surface area contributed by atoms with Crippen LogP contribution < -0.4 is 11.5 Å². The van der Waals surface area contributed by atoms with Crippen molar-refractivity contribution in [3.8, 4) is 0 Å². The van der Waals surface area contributed by atoms with Crippen LogP contribution in [0.4, 0.5) is 4.79 Å². The Labute approximate surface area is 73.4 Å². The lowest BCUT2D eigenvalue weighted by Crippen LogP contribution is -2.18. The molecule has 2 aromatic rings. The summed E-state index contributed by atoms with van der Waals surface area (Å²) in [6.45, 7) is 0. The average molecular weight is 180 g/mol. The van der Waals surface area contributed by atoms with E-state index in [9.17, 15) is 0 Å². The zero-order valence-corrected chi connectivity index (χ0v) is 6.66. The standard InChI is InChI=1S/C5H4N4.CH4N2O/c1-2-6-4-9-5(1)7-3-8-9;2-1(3)4/h1-4H;(H4,2,3,4). The molecule has 0 aliphatic heterocycles. The van der Waals surface area contributed by atoms with Crippen LogP contribution in [0.2, 0.25) is 0 Å². The largest absolute Gasteiger partial charge is 0.352 e. The van der Waals surface area contributed by atoms with Gasteiger partial charge in [0.2, 0.25) is 0 Å². The van der Waals surface area contributed by atoms with Gasteiger partial charge in [0.1, 0.15) is 12.7 Å². The van der Waals surface area contributed by atoms with Crippen molar-refractivity contribution in [2.75, 3.05) is 0 Å². The van der Waals surface area contributed by atoms with Gasteiger partial charge in [0.05, 0.1) is 0 Å². The van der Waals surface area contributed by atoms with Gasteiger partial charge in [0.15, 0.2) is 5.65 Å². The first-order valence-electron chi connectivity index (χ1n) is 3.34. The second-order valence-electron chi connectivity index (χ2n) is 2.05. The number of primary amides is 2. The van der Waals surface area contributed by atoms with Crippen molar-refractivity contribution in [3.05, 3.63) is 24.9 Å². The first kappa shape index (κ1) is 8.91. The molecule has 0 unspecified atom stereocenters. The molecule has 68 valence electrons. The van der Waals surface area contributed by atoms with E-state index in [0.29, 0.717) is 0 Å². The number of carbonyl (C=O) groups excluding carboxylic acids is 1. The zero-order valence-electron chi connectivity index (χ0n) is 6.66. The van der Waals surface area contributed by atoms with Gasteiger partial charge in [0, 0.05) is 12.3 Å². The molecule has 0 radical (unpaired) electrons. The topological polar surface area (TPSA) is 112 Å². The third-order valence-corrected chi connectivity index (χ3v) is 1.09. The lowest BCUT2D eigenvalue weighted by Gasteiger charge is -1.83. The fourth-order valence-electron chi connectivity index (χ4n) is 0.679. The number of carbonyl (C=O) groups is 1. The SMILES string of the molecule is NC(N)=O.c1cc2ncnn2cn1. The molecule has 0 aromatic carbocycles. The highest BCUT2D eigenvalue weighted by molar-refractivity contribution is 5.69. The maximum atomic E-state index is 9.00. The highest BCUT2D eigenvalue weighted by Crippen LogP contribution is 1.90. The van der Waals surface area contributed by atoms with Crippen molar-refractivity contribution in [2.24, 2.45) is 11.5 Å². The van der Waals surface area contributed by atoms with Gasteiger partial charge in [-0.1, -0.05) is 0 Å². The van der Waals surface area contributed by atoms with Crippen LogP contribution >= 0.6 is 0 Å². The highest BCUT2D eigenvalue weighted by atomic mass is 16.2. The summed E-state index contributed by atoms with van der Waals surface area (Å²) in [5.74, 6) is 0. The molecule has 2 heterocycles. The minimum absolute atomic E-state index is 0.824. The molecule has 2 rings (SSSR count). The minimum atomic E-state index is -0.833. The first-order valence-corrected chi connectivity index (χ1v) is 3.34. The van der Waals surface area contributed by atoms with Gasteiger partial charge in [0.25, 0.3) is 0 Å². The summed E-state index contributed by atoms with van der Waals surface area (Å²) < 4.78 is 1.61. The maximum Gasteiger partial charge on any atom is 0.309 e. The molecule has 2 amide bonds. The van der Waals surface area contributed by atoms with Crippen LogP contribution in [0.25, 0.3) is 5.65 Å². The van der Waals surface area contributed by atoms with E-state index in [1.165, 1.54) is 6.33 Å². The molecule has 13 heavy (non-hydrogen) atoms. The van der Waals surface area contributed by atoms with E-state index in [4.69, 9.17) is 4.79 Å². The predicted octanol–water partition coefficient (Wildman–Crippen LogP) is -0.852. The molecule has 0 saturated carbocycles. The van der Waals surface area contributed by atoms with Crippen LogP contribution in [-0.4, -0.2) is 25.6 Å². The number of rotatable bonds is 0. The van der Waals surface area contributed by atoms with Gasteiger partial charge in [-0.3, -0.25) is 0 Å². The number of fused-ring (bicyclic) bond motifs is 1. The molecule has 0 saturated heterocycles. The monoisotopic (exact) mass is 180 g/mol. The summed E-state index contributed by atoms with van der Waals surface area (Å²) in [6.07, 6.45) is 4.80. The molecule has 0 spiro atoms. The summed E-state index contributed by atoms with van der Waals surface area (Å²) in [5, 5.41) is 3.86. The lowest BCUT2D eigenvalue weighted by atomic mass is 10.6. The van der Waals surface area contributed by atoms with Crippen molar-refractivity contribution in [1.82, 2.24) is 19.6 Å². The van der Waals surface area contributed by atoms with Gasteiger partial charge in [-0.05, 0) is 0 Å². The molecular weight excluding hydrogens is 172 g/mol. The van der Waals surface area contributed by atoms with Crippen molar-refractivity contribution in [1.29, 1.82) is 0 Å². The van der Waals surface area contributed by atoms with Crippen LogP contribution in [0.15, 0.2) is 24.9 Å². The molecule has 0 aliphatic carbocycles. The minimum Gasteiger partial charge on any atom is -0.352 e. The fraction of sp³-hybridized carbons (Fsp3) is 0. The molecule has 7 heteroatoms. The van der Waals surface area contributed by atoms with Gasteiger partial charge in [-0.2, -0.15) is 5.10 Å². The Bertz CT molecular complexity index is 362. The lowest BCUT2D eigenvalue weighted by molar-refractivity contribution is 0.256. The number of aromatic nitrogens is 4. The van der Waals surface area contributed by atoms with E-state index in [2.05, 4.69) is 26.5 Å². The van der Waals surface area contributed by atoms with E-state index in [0.717, 1.165) is 5.65 Å². The molecule has 0 fully saturated rings. The number of hydrogen-bond donors (Lipinski definition) is 2. The van der Waals surface area contributed by atoms with Gasteiger partial charge in [-0.25, -0.2) is 19.3 Å². The van der Waals surface area contributed by atoms with Crippen LogP contribution in [0.5, 0.6) is 0 Å². The number of amides is 2. The Balaban J connectivity index is 0.000000184. The molecular formula is C6H8N6O. The summed E-state index contributed by atoms with van der Waals surface area (Å²) in [7, 11) is 0. The normalized spacial score (nSPS) is 8.92. The molecule has 0 atom stereocenters. The van der Waals surface area contributed by atoms with Crippen LogP contribution in [0, 0.1) is 0 Å². The van der Waals surface area contributed by atoms with Gasteiger partial charge in [-0.15, -0.1) is 0 Å². The summed E-state index contributed by atoms with van der Waals surface area (Å²) in [4.78, 5) is 16.8. The Morgan fingerprint density at radius 2 is 2.15 bits per heavy atom. The fourth-order valence-corrected chi connectivity index (χ4v) is 0.679. The average Bonchev–Trinajstić information content (AvgIpc) is 2.49. The van der Waals surface area contributed by atoms with Crippen LogP contribution in [-0.2, 0) is 0 Å². The Morgan fingerprint density at radius 1 is 1.46 bits per heavy atom. The smallest absolute Gasteiger partial charge is 0.309 e. The Kier molecular flexibility index (Phi) is 2.74. The second-order valence-corrected chi connectivity index (χ2v) is 2.05. The van der Waals surface area contributed by atoms with E-state index >= 15 is 0 Å². The summed E-state index contributed by atoms with van der Waals surface area (Å²) >= 11 is 0. The number of hydrogen-bond acceptors (Lipinski definition) is 4. The van der Waals surface area contributed by atoms with E-state index in [-0.39, 0.29) is 0 Å². The molecule has 2 aromatic heterocycles. The highest BCUT2D eigenvalue weighted by Gasteiger charge is 1.87. The van der Waals surface area contributed by atoms with Crippen molar-refractivity contribution < 1.29 is 4.79 Å². The zero-order chi connectivity index (χ0) is 9.68. The third kappa shape index (κ3) is 2.73. The van der Waals surface area contributed by atoms with Crippen molar-refractivity contribution >= 4 is 11.7 Å². The van der Waals surface area contributed by atoms with E-state index < -0.39 is 6.03 Å². The molecule has 0 bridgehead atoms. The third-order valence-electron chi connectivity index (χ3n) is 1.09. The maximum absolute atomic E-state index is 9.00. The summed E-state index contributed by atoms with van der Waals surface area (Å²) in [6, 6.07) is 0.965. The van der Waals surface area contributed by atoms with E-state index in [1.807, 2.05) is 0 Å². The van der Waals surface area contributed by atoms with Crippen LogP contribution in [0.1, 0.15) is 0 Å².